The standard InChI is InChI=1S/C4H7N.K.H/c1-4(2)3-5;;/h4H,1-2H3;;. The Morgan fingerprint density at radius 2 is 1.67 bits per heavy atom. The summed E-state index contributed by atoms with van der Waals surface area (Å²) in [6.45, 7) is 3.72. The van der Waals surface area contributed by atoms with Gasteiger partial charge in [-0.2, -0.15) is 5.26 Å². The van der Waals surface area contributed by atoms with Gasteiger partial charge in [-0.05, 0) is 13.8 Å². The molecule has 0 aliphatic rings. The fourth-order valence-electron chi connectivity index (χ4n) is 0. The fourth-order valence-corrected chi connectivity index (χ4v) is 0. The van der Waals surface area contributed by atoms with Gasteiger partial charge in [0.15, 0.2) is 0 Å². The first-order valence-electron chi connectivity index (χ1n) is 1.67. The number of nitrogens with zero attached hydrogens (tertiary/aromatic N) is 1. The van der Waals surface area contributed by atoms with Gasteiger partial charge < -0.3 is 0 Å². The van der Waals surface area contributed by atoms with Crippen LogP contribution in [-0.2, 0) is 0 Å². The van der Waals surface area contributed by atoms with E-state index in [0.717, 1.165) is 0 Å². The molecule has 0 heterocycles. The molecule has 0 fully saturated rings. The second-order valence-corrected chi connectivity index (χ2v) is 1.28. The summed E-state index contributed by atoms with van der Waals surface area (Å²) in [5.41, 5.74) is 0. The molecule has 0 spiro atoms. The van der Waals surface area contributed by atoms with Crippen molar-refractivity contribution in [2.24, 2.45) is 5.92 Å². The first kappa shape index (κ1) is 10.2. The molecule has 0 bridgehead atoms. The van der Waals surface area contributed by atoms with Gasteiger partial charge in [0, 0.05) is 5.92 Å². The van der Waals surface area contributed by atoms with Crippen LogP contribution in [0.3, 0.4) is 0 Å². The molecule has 0 aromatic carbocycles. The molecule has 0 aromatic rings. The average Bonchev–Trinajstić information content (AvgIpc) is 1.38. The maximum absolute atomic E-state index is 7.89. The zero-order chi connectivity index (χ0) is 4.28. The minimum absolute atomic E-state index is 0. The van der Waals surface area contributed by atoms with Crippen molar-refractivity contribution in [3.8, 4) is 6.07 Å². The Labute approximate surface area is 81.1 Å². The fraction of sp³-hybridized carbons (Fsp3) is 0.750. The normalized spacial score (nSPS) is 6.33. The van der Waals surface area contributed by atoms with E-state index in [-0.39, 0.29) is 57.3 Å². The topological polar surface area (TPSA) is 23.8 Å². The monoisotopic (exact) mass is 109 g/mol. The van der Waals surface area contributed by atoms with Crippen molar-refractivity contribution in [3.05, 3.63) is 0 Å². The molecule has 0 saturated heterocycles. The molecule has 0 aliphatic carbocycles. The first-order chi connectivity index (χ1) is 2.27. The Morgan fingerprint density at radius 1 is 1.50 bits per heavy atom. The molecule has 0 atom stereocenters. The van der Waals surface area contributed by atoms with Crippen molar-refractivity contribution < 1.29 is 0 Å². The van der Waals surface area contributed by atoms with Gasteiger partial charge in [0.2, 0.25) is 0 Å². The zero-order valence-electron chi connectivity index (χ0n) is 3.52. The maximum atomic E-state index is 7.89. The summed E-state index contributed by atoms with van der Waals surface area (Å²) >= 11 is 0. The van der Waals surface area contributed by atoms with Crippen LogP contribution in [0.5, 0.6) is 0 Å². The molecule has 30 valence electrons. The molecular weight excluding hydrogens is 101 g/mol. The van der Waals surface area contributed by atoms with E-state index in [4.69, 9.17) is 5.26 Å². The summed E-state index contributed by atoms with van der Waals surface area (Å²) in [7, 11) is 0. The van der Waals surface area contributed by atoms with Crippen LogP contribution in [0.25, 0.3) is 0 Å². The summed E-state index contributed by atoms with van der Waals surface area (Å²) in [5, 5.41) is 7.89. The molecule has 0 aliphatic heterocycles. The Bertz CT molecular complexity index is 53.1. The predicted octanol–water partition coefficient (Wildman–Crippen LogP) is 0.517. The quantitative estimate of drug-likeness (QED) is 0.416. The van der Waals surface area contributed by atoms with Crippen LogP contribution in [-0.4, -0.2) is 51.4 Å². The van der Waals surface area contributed by atoms with Crippen LogP contribution in [0.15, 0.2) is 0 Å². The van der Waals surface area contributed by atoms with Crippen molar-refractivity contribution in [2.45, 2.75) is 13.8 Å². The van der Waals surface area contributed by atoms with Crippen molar-refractivity contribution >= 4 is 51.4 Å². The zero-order valence-corrected chi connectivity index (χ0v) is 3.52. The summed E-state index contributed by atoms with van der Waals surface area (Å²) in [6, 6.07) is 2.03. The third-order valence-corrected chi connectivity index (χ3v) is 0.258. The number of nitriles is 1. The SMILES string of the molecule is CC(C)C#N.[KH]. The Morgan fingerprint density at radius 3 is 1.67 bits per heavy atom. The van der Waals surface area contributed by atoms with Gasteiger partial charge in [0.1, 0.15) is 0 Å². The van der Waals surface area contributed by atoms with Crippen molar-refractivity contribution in [2.75, 3.05) is 0 Å². The molecule has 0 unspecified atom stereocenters. The number of hydrogen-bond donors (Lipinski definition) is 0. The van der Waals surface area contributed by atoms with Crippen LogP contribution in [0.1, 0.15) is 13.8 Å². The van der Waals surface area contributed by atoms with Crippen LogP contribution in [0.2, 0.25) is 0 Å². The molecule has 1 nitrogen and oxygen atoms in total. The minimum atomic E-state index is 0. The molecule has 0 amide bonds. The van der Waals surface area contributed by atoms with Crippen molar-refractivity contribution in [1.29, 1.82) is 5.26 Å². The molecule has 2 heteroatoms. The summed E-state index contributed by atoms with van der Waals surface area (Å²) < 4.78 is 0. The number of hydrogen-bond acceptors (Lipinski definition) is 1. The third kappa shape index (κ3) is 8.93. The van der Waals surface area contributed by atoms with E-state index in [2.05, 4.69) is 0 Å². The Hall–Kier alpha value is 1.13. The van der Waals surface area contributed by atoms with Gasteiger partial charge in [-0.3, -0.25) is 0 Å². The average molecular weight is 109 g/mol. The van der Waals surface area contributed by atoms with E-state index in [1.165, 1.54) is 0 Å². The molecule has 0 radical (unpaired) electrons. The van der Waals surface area contributed by atoms with Gasteiger partial charge in [-0.1, -0.05) is 0 Å². The molecular formula is C4H8KN. The van der Waals surface area contributed by atoms with E-state index in [1.807, 2.05) is 19.9 Å². The Kier molecular flexibility index (Phi) is 10.4. The molecule has 0 N–H and O–H groups in total. The third-order valence-electron chi connectivity index (χ3n) is 0.258. The number of rotatable bonds is 0. The summed E-state index contributed by atoms with van der Waals surface area (Å²) in [6.07, 6.45) is 0. The van der Waals surface area contributed by atoms with Crippen LogP contribution in [0.4, 0.5) is 0 Å². The predicted molar refractivity (Wildman–Crippen MR) is 27.6 cm³/mol. The van der Waals surface area contributed by atoms with Crippen LogP contribution >= 0.6 is 0 Å². The first-order valence-corrected chi connectivity index (χ1v) is 1.67. The molecule has 6 heavy (non-hydrogen) atoms. The van der Waals surface area contributed by atoms with Gasteiger partial charge in [0.25, 0.3) is 0 Å². The van der Waals surface area contributed by atoms with Crippen molar-refractivity contribution in [3.63, 3.8) is 0 Å². The second-order valence-electron chi connectivity index (χ2n) is 1.28. The van der Waals surface area contributed by atoms with E-state index in [0.29, 0.717) is 0 Å². The molecule has 0 aromatic heterocycles. The van der Waals surface area contributed by atoms with E-state index < -0.39 is 0 Å². The Balaban J connectivity index is 0. The van der Waals surface area contributed by atoms with E-state index in [9.17, 15) is 0 Å². The van der Waals surface area contributed by atoms with Gasteiger partial charge in [-0.15, -0.1) is 0 Å². The van der Waals surface area contributed by atoms with Gasteiger partial charge in [-0.25, -0.2) is 0 Å². The van der Waals surface area contributed by atoms with Crippen LogP contribution in [0, 0.1) is 17.2 Å². The van der Waals surface area contributed by atoms with Crippen molar-refractivity contribution in [1.82, 2.24) is 0 Å². The summed E-state index contributed by atoms with van der Waals surface area (Å²) in [4.78, 5) is 0. The second kappa shape index (κ2) is 6.13. The van der Waals surface area contributed by atoms with Gasteiger partial charge in [0.05, 0.1) is 6.07 Å². The van der Waals surface area contributed by atoms with E-state index >= 15 is 0 Å². The van der Waals surface area contributed by atoms with Crippen LogP contribution < -0.4 is 0 Å². The molecule has 0 rings (SSSR count). The van der Waals surface area contributed by atoms with Gasteiger partial charge >= 0.3 is 51.4 Å². The van der Waals surface area contributed by atoms with E-state index in [1.54, 1.807) is 0 Å². The molecule has 0 saturated carbocycles. The summed E-state index contributed by atoms with van der Waals surface area (Å²) in [5.74, 6) is 0.190.